The lowest BCUT2D eigenvalue weighted by Gasteiger charge is -2.23. The molecular formula is C10H20ClNO3. The van der Waals surface area contributed by atoms with Crippen molar-refractivity contribution in [2.45, 2.75) is 50.7 Å². The Kier molecular flexibility index (Phi) is 6.89. The van der Waals surface area contributed by atoms with Crippen LogP contribution in [-0.4, -0.2) is 28.3 Å². The number of hydrogen-bond acceptors (Lipinski definition) is 2. The molecule has 0 radical (unpaired) electrons. The lowest BCUT2D eigenvalue weighted by molar-refractivity contribution is -0.437. The highest BCUT2D eigenvalue weighted by Crippen LogP contribution is 2.27. The fraction of sp³-hybridized carbons (Fsp3) is 0.900. The number of rotatable bonds is 4. The van der Waals surface area contributed by atoms with Crippen LogP contribution in [0.2, 0.25) is 0 Å². The average Bonchev–Trinajstić information content (AvgIpc) is 2.18. The Morgan fingerprint density at radius 3 is 2.33 bits per heavy atom. The van der Waals surface area contributed by atoms with E-state index in [2.05, 4.69) is 5.73 Å². The lowest BCUT2D eigenvalue weighted by Crippen LogP contribution is -3.00. The topological polar surface area (TPSA) is 85.2 Å². The number of carbonyl (C=O) groups is 1. The van der Waals surface area contributed by atoms with Crippen LogP contribution in [0.25, 0.3) is 0 Å². The van der Waals surface area contributed by atoms with E-state index in [0.29, 0.717) is 5.92 Å². The molecule has 0 spiro atoms. The van der Waals surface area contributed by atoms with Crippen LogP contribution in [0.3, 0.4) is 0 Å². The van der Waals surface area contributed by atoms with Gasteiger partial charge < -0.3 is 28.4 Å². The van der Waals surface area contributed by atoms with Gasteiger partial charge in [-0.15, -0.1) is 0 Å². The molecule has 1 saturated carbocycles. The van der Waals surface area contributed by atoms with Gasteiger partial charge in [-0.1, -0.05) is 32.1 Å². The highest BCUT2D eigenvalue weighted by molar-refractivity contribution is 5.72. The van der Waals surface area contributed by atoms with Crippen LogP contribution in [0.1, 0.15) is 38.5 Å². The van der Waals surface area contributed by atoms with Gasteiger partial charge in [0.25, 0.3) is 0 Å². The van der Waals surface area contributed by atoms with Gasteiger partial charge in [0.05, 0.1) is 0 Å². The highest BCUT2D eigenvalue weighted by atomic mass is 35.5. The van der Waals surface area contributed by atoms with Crippen LogP contribution < -0.4 is 18.1 Å². The Labute approximate surface area is 96.3 Å². The van der Waals surface area contributed by atoms with Crippen LogP contribution in [0.5, 0.6) is 0 Å². The predicted octanol–water partition coefficient (Wildman–Crippen LogP) is -2.98. The minimum Gasteiger partial charge on any atom is -1.00 e. The smallest absolute Gasteiger partial charge is 0.338 e. The van der Waals surface area contributed by atoms with Gasteiger partial charge in [-0.25, -0.2) is 4.79 Å². The fourth-order valence-corrected chi connectivity index (χ4v) is 2.18. The summed E-state index contributed by atoms with van der Waals surface area (Å²) in [7, 11) is 0. The molecule has 0 aromatic heterocycles. The van der Waals surface area contributed by atoms with Crippen LogP contribution >= 0.6 is 0 Å². The minimum absolute atomic E-state index is 0. The van der Waals surface area contributed by atoms with Crippen LogP contribution in [0, 0.1) is 5.92 Å². The van der Waals surface area contributed by atoms with Gasteiger partial charge in [0, 0.05) is 6.42 Å². The van der Waals surface area contributed by atoms with Crippen molar-refractivity contribution in [1.82, 2.24) is 0 Å². The molecule has 0 aliphatic heterocycles. The van der Waals surface area contributed by atoms with E-state index < -0.39 is 12.1 Å². The van der Waals surface area contributed by atoms with Gasteiger partial charge in [-0.2, -0.15) is 0 Å². The zero-order chi connectivity index (χ0) is 10.6. The maximum absolute atomic E-state index is 10.5. The number of aliphatic hydroxyl groups is 1. The Balaban J connectivity index is 0.00000196. The summed E-state index contributed by atoms with van der Waals surface area (Å²) in [5.74, 6) is -0.582. The Morgan fingerprint density at radius 1 is 1.33 bits per heavy atom. The average molecular weight is 238 g/mol. The summed E-state index contributed by atoms with van der Waals surface area (Å²) < 4.78 is 0. The number of quaternary nitrogens is 1. The Hall–Kier alpha value is -0.320. The second kappa shape index (κ2) is 7.04. The van der Waals surface area contributed by atoms with Crippen molar-refractivity contribution in [3.63, 3.8) is 0 Å². The number of carboxylic acids is 1. The SMILES string of the molecule is [Cl-].[NH3+][C@H](CC1CCCCC1)[C@H](O)C(=O)O. The van der Waals surface area contributed by atoms with Crippen LogP contribution in [-0.2, 0) is 4.79 Å². The second-order valence-corrected chi connectivity index (χ2v) is 4.28. The van der Waals surface area contributed by atoms with Crippen molar-refractivity contribution in [3.8, 4) is 0 Å². The fourth-order valence-electron chi connectivity index (χ4n) is 2.18. The molecule has 15 heavy (non-hydrogen) atoms. The molecule has 1 aliphatic rings. The molecule has 1 fully saturated rings. The van der Waals surface area contributed by atoms with E-state index in [1.165, 1.54) is 32.1 Å². The number of aliphatic hydroxyl groups excluding tert-OH is 1. The van der Waals surface area contributed by atoms with E-state index in [0.717, 1.165) is 6.42 Å². The molecule has 0 bridgehead atoms. The monoisotopic (exact) mass is 237 g/mol. The first-order valence-electron chi connectivity index (χ1n) is 5.35. The maximum atomic E-state index is 10.5. The molecule has 0 aromatic rings. The van der Waals surface area contributed by atoms with E-state index in [1.54, 1.807) is 0 Å². The van der Waals surface area contributed by atoms with Crippen LogP contribution in [0.4, 0.5) is 0 Å². The Morgan fingerprint density at radius 2 is 1.87 bits per heavy atom. The van der Waals surface area contributed by atoms with E-state index in [4.69, 9.17) is 5.11 Å². The van der Waals surface area contributed by atoms with Crippen LogP contribution in [0.15, 0.2) is 0 Å². The quantitative estimate of drug-likeness (QED) is 0.488. The first-order valence-corrected chi connectivity index (χ1v) is 5.35. The minimum atomic E-state index is -1.29. The molecular weight excluding hydrogens is 218 g/mol. The summed E-state index contributed by atoms with van der Waals surface area (Å²) in [5, 5.41) is 17.9. The molecule has 0 saturated heterocycles. The summed E-state index contributed by atoms with van der Waals surface area (Å²) in [6, 6.07) is -0.365. The van der Waals surface area contributed by atoms with Gasteiger partial charge >= 0.3 is 5.97 Å². The third-order valence-corrected chi connectivity index (χ3v) is 3.06. The zero-order valence-electron chi connectivity index (χ0n) is 8.86. The first kappa shape index (κ1) is 14.7. The maximum Gasteiger partial charge on any atom is 0.338 e. The molecule has 5 N–H and O–H groups in total. The van der Waals surface area contributed by atoms with Crippen molar-refractivity contribution in [3.05, 3.63) is 0 Å². The van der Waals surface area contributed by atoms with Crippen molar-refractivity contribution in [1.29, 1.82) is 0 Å². The summed E-state index contributed by atoms with van der Waals surface area (Å²) in [4.78, 5) is 10.5. The molecule has 90 valence electrons. The second-order valence-electron chi connectivity index (χ2n) is 4.28. The molecule has 5 heteroatoms. The van der Waals surface area contributed by atoms with E-state index in [-0.39, 0.29) is 18.4 Å². The molecule has 0 aromatic carbocycles. The number of carboxylic acid groups (broad SMARTS) is 1. The van der Waals surface area contributed by atoms with E-state index >= 15 is 0 Å². The van der Waals surface area contributed by atoms with Crippen molar-refractivity contribution >= 4 is 5.97 Å². The molecule has 4 nitrogen and oxygen atoms in total. The lowest BCUT2D eigenvalue weighted by atomic mass is 9.84. The molecule has 1 aliphatic carbocycles. The first-order chi connectivity index (χ1) is 6.61. The normalized spacial score (nSPS) is 21.5. The van der Waals surface area contributed by atoms with Gasteiger partial charge in [0.1, 0.15) is 6.04 Å². The van der Waals surface area contributed by atoms with Crippen molar-refractivity contribution < 1.29 is 33.1 Å². The Bertz CT molecular complexity index is 195. The zero-order valence-corrected chi connectivity index (χ0v) is 9.62. The number of hydrogen-bond donors (Lipinski definition) is 3. The summed E-state index contributed by atoms with van der Waals surface area (Å²) in [5.41, 5.74) is 3.72. The summed E-state index contributed by atoms with van der Waals surface area (Å²) in [6.07, 6.45) is 5.54. The molecule has 0 amide bonds. The third-order valence-electron chi connectivity index (χ3n) is 3.06. The van der Waals surface area contributed by atoms with E-state index in [9.17, 15) is 9.90 Å². The molecule has 1 rings (SSSR count). The van der Waals surface area contributed by atoms with Gasteiger partial charge in [0.2, 0.25) is 6.10 Å². The predicted molar refractivity (Wildman–Crippen MR) is 51.5 cm³/mol. The van der Waals surface area contributed by atoms with Crippen molar-refractivity contribution in [2.24, 2.45) is 5.92 Å². The van der Waals surface area contributed by atoms with Gasteiger partial charge in [-0.05, 0) is 5.92 Å². The summed E-state index contributed by atoms with van der Waals surface area (Å²) in [6.45, 7) is 0. The largest absolute Gasteiger partial charge is 1.00 e. The summed E-state index contributed by atoms with van der Waals surface area (Å²) >= 11 is 0. The number of aliphatic carboxylic acids is 1. The molecule has 2 atom stereocenters. The highest BCUT2D eigenvalue weighted by Gasteiger charge is 2.28. The number of halogens is 1. The van der Waals surface area contributed by atoms with Gasteiger partial charge in [0.15, 0.2) is 0 Å². The van der Waals surface area contributed by atoms with E-state index in [1.807, 2.05) is 0 Å². The third kappa shape index (κ3) is 4.82. The van der Waals surface area contributed by atoms with Gasteiger partial charge in [-0.3, -0.25) is 0 Å². The molecule has 0 unspecified atom stereocenters. The van der Waals surface area contributed by atoms with Crippen molar-refractivity contribution in [2.75, 3.05) is 0 Å². The standard InChI is InChI=1S/C10H19NO3.ClH/c11-8(9(12)10(13)14)6-7-4-2-1-3-5-7;/h7-9,12H,1-6,11H2,(H,13,14);1H/t8-,9+;/m1./s1. The molecule has 0 heterocycles.